The molecule has 0 aliphatic heterocycles. The summed E-state index contributed by atoms with van der Waals surface area (Å²) in [6, 6.07) is 3.92. The van der Waals surface area contributed by atoms with Crippen LogP contribution in [0.1, 0.15) is 36.7 Å². The van der Waals surface area contributed by atoms with Gasteiger partial charge in [-0.15, -0.1) is 0 Å². The van der Waals surface area contributed by atoms with E-state index in [-0.39, 0.29) is 6.04 Å². The highest BCUT2D eigenvalue weighted by molar-refractivity contribution is 5.30. The van der Waals surface area contributed by atoms with E-state index in [1.54, 1.807) is 10.9 Å². The fraction of sp³-hybridized carbons (Fsp3) is 0.417. The maximum absolute atomic E-state index is 5.92. The summed E-state index contributed by atoms with van der Waals surface area (Å²) in [4.78, 5) is 8.62. The van der Waals surface area contributed by atoms with Crippen LogP contribution in [-0.4, -0.2) is 19.7 Å². The van der Waals surface area contributed by atoms with Crippen LogP contribution in [0.25, 0.3) is 5.69 Å². The van der Waals surface area contributed by atoms with Crippen molar-refractivity contribution in [2.45, 2.75) is 33.2 Å². The number of hydrogen-bond donors (Lipinski definition) is 1. The van der Waals surface area contributed by atoms with Crippen LogP contribution in [0.2, 0.25) is 0 Å². The van der Waals surface area contributed by atoms with Crippen LogP contribution < -0.4 is 5.73 Å². The van der Waals surface area contributed by atoms with E-state index in [1.165, 1.54) is 0 Å². The molecule has 0 spiro atoms. The molecule has 2 heterocycles. The van der Waals surface area contributed by atoms with Gasteiger partial charge in [-0.3, -0.25) is 4.98 Å². The summed E-state index contributed by atoms with van der Waals surface area (Å²) < 4.78 is 1.78. The fourth-order valence-corrected chi connectivity index (χ4v) is 1.72. The molecule has 2 aromatic rings. The fourth-order valence-electron chi connectivity index (χ4n) is 1.72. The monoisotopic (exact) mass is 231 g/mol. The van der Waals surface area contributed by atoms with Crippen molar-refractivity contribution < 1.29 is 0 Å². The third kappa shape index (κ3) is 2.34. The van der Waals surface area contributed by atoms with Gasteiger partial charge in [0.2, 0.25) is 0 Å². The van der Waals surface area contributed by atoms with Crippen LogP contribution in [0.15, 0.2) is 18.3 Å². The predicted molar refractivity (Wildman–Crippen MR) is 65.8 cm³/mol. The van der Waals surface area contributed by atoms with Crippen LogP contribution in [-0.2, 0) is 0 Å². The molecule has 2 rings (SSSR count). The summed E-state index contributed by atoms with van der Waals surface area (Å²) in [6.45, 7) is 5.84. The van der Waals surface area contributed by atoms with Gasteiger partial charge in [0, 0.05) is 6.04 Å². The summed E-state index contributed by atoms with van der Waals surface area (Å²) >= 11 is 0. The minimum Gasteiger partial charge on any atom is -0.323 e. The van der Waals surface area contributed by atoms with Gasteiger partial charge in [-0.05, 0) is 32.4 Å². The Morgan fingerprint density at radius 2 is 2.12 bits per heavy atom. The Labute approximate surface area is 101 Å². The van der Waals surface area contributed by atoms with Gasteiger partial charge < -0.3 is 5.73 Å². The first-order valence-electron chi connectivity index (χ1n) is 5.74. The molecule has 5 nitrogen and oxygen atoms in total. The Bertz CT molecular complexity index is 500. The van der Waals surface area contributed by atoms with Crippen molar-refractivity contribution in [3.05, 3.63) is 35.7 Å². The Morgan fingerprint density at radius 1 is 1.35 bits per heavy atom. The second-order valence-electron chi connectivity index (χ2n) is 4.07. The highest BCUT2D eigenvalue weighted by atomic mass is 15.3. The van der Waals surface area contributed by atoms with Crippen molar-refractivity contribution in [3.63, 3.8) is 0 Å². The number of aryl methyl sites for hydroxylation is 2. The largest absolute Gasteiger partial charge is 0.323 e. The molecule has 1 atom stereocenters. The lowest BCUT2D eigenvalue weighted by Gasteiger charge is -2.09. The summed E-state index contributed by atoms with van der Waals surface area (Å²) in [6.07, 6.45) is 2.67. The van der Waals surface area contributed by atoms with E-state index in [2.05, 4.69) is 15.1 Å². The Kier molecular flexibility index (Phi) is 3.19. The van der Waals surface area contributed by atoms with Crippen LogP contribution in [0.4, 0.5) is 0 Å². The molecular weight excluding hydrogens is 214 g/mol. The number of nitrogens with two attached hydrogens (primary N) is 1. The Morgan fingerprint density at radius 3 is 2.59 bits per heavy atom. The SMILES string of the molecule is CCC(N)c1ccc(-n2nc(C)nc2C)cn1. The van der Waals surface area contributed by atoms with Gasteiger partial charge in [-0.25, -0.2) is 9.67 Å². The molecule has 0 fully saturated rings. The highest BCUT2D eigenvalue weighted by Gasteiger charge is 2.08. The topological polar surface area (TPSA) is 69.6 Å². The first-order chi connectivity index (χ1) is 8.11. The second-order valence-corrected chi connectivity index (χ2v) is 4.07. The van der Waals surface area contributed by atoms with Gasteiger partial charge in [-0.2, -0.15) is 5.10 Å². The van der Waals surface area contributed by atoms with E-state index in [0.29, 0.717) is 0 Å². The van der Waals surface area contributed by atoms with Crippen molar-refractivity contribution in [2.75, 3.05) is 0 Å². The molecule has 0 saturated heterocycles. The lowest BCUT2D eigenvalue weighted by Crippen LogP contribution is -2.11. The number of hydrogen-bond acceptors (Lipinski definition) is 4. The average molecular weight is 231 g/mol. The quantitative estimate of drug-likeness (QED) is 0.872. The van der Waals surface area contributed by atoms with Gasteiger partial charge in [0.1, 0.15) is 11.6 Å². The molecule has 0 aliphatic carbocycles. The van der Waals surface area contributed by atoms with E-state index in [0.717, 1.165) is 29.5 Å². The smallest absolute Gasteiger partial charge is 0.148 e. The molecule has 5 heteroatoms. The highest BCUT2D eigenvalue weighted by Crippen LogP contribution is 2.13. The normalized spacial score (nSPS) is 12.7. The van der Waals surface area contributed by atoms with Gasteiger partial charge in [0.15, 0.2) is 0 Å². The molecule has 0 aromatic carbocycles. The Balaban J connectivity index is 2.32. The minimum atomic E-state index is 0.00243. The predicted octanol–water partition coefficient (Wildman–Crippen LogP) is 1.69. The summed E-state index contributed by atoms with van der Waals surface area (Å²) in [5.41, 5.74) is 7.74. The summed E-state index contributed by atoms with van der Waals surface area (Å²) in [5.74, 6) is 1.62. The van der Waals surface area contributed by atoms with E-state index >= 15 is 0 Å². The molecule has 0 radical (unpaired) electrons. The van der Waals surface area contributed by atoms with E-state index < -0.39 is 0 Å². The molecule has 0 aliphatic rings. The van der Waals surface area contributed by atoms with Crippen molar-refractivity contribution in [1.82, 2.24) is 19.7 Å². The molecule has 90 valence electrons. The number of nitrogens with zero attached hydrogens (tertiary/aromatic N) is 4. The van der Waals surface area contributed by atoms with Crippen LogP contribution in [0, 0.1) is 13.8 Å². The van der Waals surface area contributed by atoms with E-state index in [4.69, 9.17) is 5.73 Å². The van der Waals surface area contributed by atoms with E-state index in [1.807, 2.05) is 32.9 Å². The van der Waals surface area contributed by atoms with Crippen molar-refractivity contribution in [2.24, 2.45) is 5.73 Å². The lowest BCUT2D eigenvalue weighted by atomic mass is 10.1. The van der Waals surface area contributed by atoms with E-state index in [9.17, 15) is 0 Å². The minimum absolute atomic E-state index is 0.00243. The summed E-state index contributed by atoms with van der Waals surface area (Å²) in [7, 11) is 0. The Hall–Kier alpha value is -1.75. The number of pyridine rings is 1. The number of aromatic nitrogens is 4. The third-order valence-corrected chi connectivity index (χ3v) is 2.71. The first-order valence-corrected chi connectivity index (χ1v) is 5.74. The number of rotatable bonds is 3. The van der Waals surface area contributed by atoms with Crippen molar-refractivity contribution >= 4 is 0 Å². The van der Waals surface area contributed by atoms with Crippen LogP contribution in [0.3, 0.4) is 0 Å². The summed E-state index contributed by atoms with van der Waals surface area (Å²) in [5, 5.41) is 4.31. The molecule has 0 saturated carbocycles. The maximum atomic E-state index is 5.92. The average Bonchev–Trinajstić information content (AvgIpc) is 2.68. The molecule has 2 N–H and O–H groups in total. The zero-order chi connectivity index (χ0) is 12.4. The second kappa shape index (κ2) is 4.63. The van der Waals surface area contributed by atoms with Gasteiger partial charge >= 0.3 is 0 Å². The maximum Gasteiger partial charge on any atom is 0.148 e. The molecular formula is C12H17N5. The van der Waals surface area contributed by atoms with Gasteiger partial charge in [0.05, 0.1) is 17.6 Å². The third-order valence-electron chi connectivity index (χ3n) is 2.71. The zero-order valence-corrected chi connectivity index (χ0v) is 10.4. The lowest BCUT2D eigenvalue weighted by molar-refractivity contribution is 0.673. The van der Waals surface area contributed by atoms with Gasteiger partial charge in [-0.1, -0.05) is 6.92 Å². The van der Waals surface area contributed by atoms with Crippen molar-refractivity contribution in [3.8, 4) is 5.69 Å². The molecule has 0 bridgehead atoms. The molecule has 1 unspecified atom stereocenters. The molecule has 17 heavy (non-hydrogen) atoms. The first kappa shape index (κ1) is 11.7. The molecule has 0 amide bonds. The van der Waals surface area contributed by atoms with Crippen LogP contribution >= 0.6 is 0 Å². The molecule has 2 aromatic heterocycles. The van der Waals surface area contributed by atoms with Crippen LogP contribution in [0.5, 0.6) is 0 Å². The zero-order valence-electron chi connectivity index (χ0n) is 10.4. The standard InChI is InChI=1S/C12H17N5/c1-4-11(13)12-6-5-10(7-14-12)17-9(3)15-8(2)16-17/h5-7,11H,4,13H2,1-3H3. The van der Waals surface area contributed by atoms with Gasteiger partial charge in [0.25, 0.3) is 0 Å². The van der Waals surface area contributed by atoms with Crippen molar-refractivity contribution in [1.29, 1.82) is 0 Å².